The highest BCUT2D eigenvalue weighted by atomic mass is 35.7. The molecule has 0 bridgehead atoms. The fraction of sp³-hybridized carbons (Fsp3) is 0.500. The lowest BCUT2D eigenvalue weighted by Crippen LogP contribution is -2.32. The average molecular weight is 318 g/mol. The van der Waals surface area contributed by atoms with Crippen molar-refractivity contribution in [1.29, 1.82) is 0 Å². The van der Waals surface area contributed by atoms with E-state index in [1.807, 2.05) is 20.8 Å². The van der Waals surface area contributed by atoms with Gasteiger partial charge in [0.25, 0.3) is 15.0 Å². The zero-order valence-corrected chi connectivity index (χ0v) is 13.6. The first-order chi connectivity index (χ1) is 9.35. The number of halogens is 1. The van der Waals surface area contributed by atoms with E-state index >= 15 is 0 Å². The number of aryl methyl sites for hydroxylation is 1. The van der Waals surface area contributed by atoms with Crippen molar-refractivity contribution in [3.05, 3.63) is 29.3 Å². The highest BCUT2D eigenvalue weighted by molar-refractivity contribution is 8.13. The molecule has 0 N–H and O–H groups in total. The first kappa shape index (κ1) is 17.0. The molecule has 1 aromatic carbocycles. The molecule has 0 aromatic heterocycles. The SMILES string of the molecule is CCCN(CC)C(=O)c1cc(S(=O)(=O)Cl)ccc1CC. The quantitative estimate of drug-likeness (QED) is 0.758. The largest absolute Gasteiger partial charge is 0.339 e. The van der Waals surface area contributed by atoms with Crippen LogP contribution in [0.1, 0.15) is 43.1 Å². The Labute approximate surface area is 125 Å². The van der Waals surface area contributed by atoms with Gasteiger partial charge in [0, 0.05) is 29.3 Å². The van der Waals surface area contributed by atoms with Crippen molar-refractivity contribution < 1.29 is 13.2 Å². The van der Waals surface area contributed by atoms with Crippen LogP contribution in [0.25, 0.3) is 0 Å². The molecule has 0 saturated carbocycles. The number of carbonyl (C=O) groups is 1. The Morgan fingerprint density at radius 3 is 2.35 bits per heavy atom. The van der Waals surface area contributed by atoms with Gasteiger partial charge in [-0.15, -0.1) is 0 Å². The van der Waals surface area contributed by atoms with Gasteiger partial charge in [0.05, 0.1) is 4.90 Å². The maximum absolute atomic E-state index is 12.5. The monoisotopic (exact) mass is 317 g/mol. The summed E-state index contributed by atoms with van der Waals surface area (Å²) < 4.78 is 22.8. The lowest BCUT2D eigenvalue weighted by molar-refractivity contribution is 0.0763. The van der Waals surface area contributed by atoms with Gasteiger partial charge >= 0.3 is 0 Å². The molecule has 4 nitrogen and oxygen atoms in total. The number of hydrogen-bond acceptors (Lipinski definition) is 3. The Balaban J connectivity index is 3.30. The normalized spacial score (nSPS) is 11.4. The van der Waals surface area contributed by atoms with Gasteiger partial charge in [-0.3, -0.25) is 4.79 Å². The molecule has 0 aliphatic rings. The summed E-state index contributed by atoms with van der Waals surface area (Å²) in [4.78, 5) is 14.2. The first-order valence-electron chi connectivity index (χ1n) is 6.71. The molecule has 1 amide bonds. The van der Waals surface area contributed by atoms with E-state index in [0.717, 1.165) is 12.0 Å². The van der Waals surface area contributed by atoms with E-state index in [1.165, 1.54) is 12.1 Å². The number of hydrogen-bond donors (Lipinski definition) is 0. The molecule has 20 heavy (non-hydrogen) atoms. The molecule has 0 fully saturated rings. The Hall–Kier alpha value is -1.07. The molecular weight excluding hydrogens is 298 g/mol. The van der Waals surface area contributed by atoms with Crippen molar-refractivity contribution in [1.82, 2.24) is 4.90 Å². The van der Waals surface area contributed by atoms with Gasteiger partial charge in [0.15, 0.2) is 0 Å². The molecule has 0 heterocycles. The second-order valence-electron chi connectivity index (χ2n) is 4.50. The number of benzene rings is 1. The smallest absolute Gasteiger partial charge is 0.261 e. The second kappa shape index (κ2) is 7.09. The third-order valence-electron chi connectivity index (χ3n) is 3.14. The third kappa shape index (κ3) is 3.96. The minimum atomic E-state index is -3.83. The fourth-order valence-electron chi connectivity index (χ4n) is 2.06. The summed E-state index contributed by atoms with van der Waals surface area (Å²) in [6.07, 6.45) is 1.52. The zero-order chi connectivity index (χ0) is 15.3. The van der Waals surface area contributed by atoms with Crippen molar-refractivity contribution in [2.45, 2.75) is 38.5 Å². The fourth-order valence-corrected chi connectivity index (χ4v) is 2.84. The summed E-state index contributed by atoms with van der Waals surface area (Å²) >= 11 is 0. The molecule has 6 heteroatoms. The second-order valence-corrected chi connectivity index (χ2v) is 7.06. The highest BCUT2D eigenvalue weighted by Gasteiger charge is 2.20. The van der Waals surface area contributed by atoms with Gasteiger partial charge in [-0.25, -0.2) is 8.42 Å². The molecule has 0 radical (unpaired) electrons. The Morgan fingerprint density at radius 1 is 1.25 bits per heavy atom. The number of rotatable bonds is 6. The van der Waals surface area contributed by atoms with Crippen molar-refractivity contribution in [3.63, 3.8) is 0 Å². The van der Waals surface area contributed by atoms with Crippen LogP contribution in [0.2, 0.25) is 0 Å². The molecule has 0 aliphatic carbocycles. The van der Waals surface area contributed by atoms with E-state index in [4.69, 9.17) is 10.7 Å². The van der Waals surface area contributed by atoms with E-state index in [2.05, 4.69) is 0 Å². The maximum Gasteiger partial charge on any atom is 0.261 e. The molecule has 0 atom stereocenters. The summed E-state index contributed by atoms with van der Waals surface area (Å²) in [5.74, 6) is -0.145. The van der Waals surface area contributed by atoms with E-state index in [1.54, 1.807) is 11.0 Å². The van der Waals surface area contributed by atoms with Gasteiger partial charge in [-0.1, -0.05) is 19.9 Å². The van der Waals surface area contributed by atoms with E-state index in [0.29, 0.717) is 25.1 Å². The van der Waals surface area contributed by atoms with Gasteiger partial charge in [0.2, 0.25) is 0 Å². The minimum absolute atomic E-state index is 0.0349. The summed E-state index contributed by atoms with van der Waals surface area (Å²) in [5, 5.41) is 0. The topological polar surface area (TPSA) is 54.5 Å². The average Bonchev–Trinajstić information content (AvgIpc) is 2.42. The third-order valence-corrected chi connectivity index (χ3v) is 4.49. The van der Waals surface area contributed by atoms with Crippen LogP contribution in [0.15, 0.2) is 23.1 Å². The summed E-state index contributed by atoms with van der Waals surface area (Å²) in [7, 11) is 1.53. The van der Waals surface area contributed by atoms with Crippen LogP contribution in [0.4, 0.5) is 0 Å². The predicted octanol–water partition coefficient (Wildman–Crippen LogP) is 3.05. The van der Waals surface area contributed by atoms with E-state index < -0.39 is 9.05 Å². The van der Waals surface area contributed by atoms with Crippen LogP contribution in [-0.2, 0) is 15.5 Å². The number of amides is 1. The molecule has 1 rings (SSSR count). The Morgan fingerprint density at radius 2 is 1.90 bits per heavy atom. The standard InChI is InChI=1S/C14H20ClNO3S/c1-4-9-16(6-3)14(17)13-10-12(20(15,18)19)8-7-11(13)5-2/h7-8,10H,4-6,9H2,1-3H3. The van der Waals surface area contributed by atoms with Gasteiger partial charge < -0.3 is 4.90 Å². The Kier molecular flexibility index (Phi) is 6.02. The zero-order valence-electron chi connectivity index (χ0n) is 12.0. The van der Waals surface area contributed by atoms with Crippen molar-refractivity contribution in [2.24, 2.45) is 0 Å². The van der Waals surface area contributed by atoms with Crippen molar-refractivity contribution in [2.75, 3.05) is 13.1 Å². The summed E-state index contributed by atoms with van der Waals surface area (Å²) in [6, 6.07) is 4.47. The van der Waals surface area contributed by atoms with Crippen molar-refractivity contribution in [3.8, 4) is 0 Å². The lowest BCUT2D eigenvalue weighted by atomic mass is 10.0. The van der Waals surface area contributed by atoms with Crippen LogP contribution in [0.3, 0.4) is 0 Å². The van der Waals surface area contributed by atoms with Crippen LogP contribution >= 0.6 is 10.7 Å². The Bertz CT molecular complexity index is 584. The number of nitrogens with zero attached hydrogens (tertiary/aromatic N) is 1. The molecular formula is C14H20ClNO3S. The molecule has 0 aliphatic heterocycles. The molecule has 112 valence electrons. The van der Waals surface area contributed by atoms with Crippen LogP contribution in [0, 0.1) is 0 Å². The molecule has 0 saturated heterocycles. The van der Waals surface area contributed by atoms with Crippen LogP contribution in [0.5, 0.6) is 0 Å². The lowest BCUT2D eigenvalue weighted by Gasteiger charge is -2.21. The maximum atomic E-state index is 12.5. The van der Waals surface area contributed by atoms with Gasteiger partial charge in [0.1, 0.15) is 0 Å². The number of carbonyl (C=O) groups excluding carboxylic acids is 1. The summed E-state index contributed by atoms with van der Waals surface area (Å²) in [6.45, 7) is 7.07. The summed E-state index contributed by atoms with van der Waals surface area (Å²) in [5.41, 5.74) is 1.25. The molecule has 0 unspecified atom stereocenters. The first-order valence-corrected chi connectivity index (χ1v) is 9.02. The molecule has 1 aromatic rings. The van der Waals surface area contributed by atoms with Crippen LogP contribution in [-0.4, -0.2) is 32.3 Å². The van der Waals surface area contributed by atoms with E-state index in [9.17, 15) is 13.2 Å². The van der Waals surface area contributed by atoms with Crippen LogP contribution < -0.4 is 0 Å². The predicted molar refractivity (Wildman–Crippen MR) is 80.7 cm³/mol. The van der Waals surface area contributed by atoms with Crippen molar-refractivity contribution >= 4 is 25.6 Å². The minimum Gasteiger partial charge on any atom is -0.339 e. The van der Waals surface area contributed by atoms with Gasteiger partial charge in [-0.2, -0.15) is 0 Å². The van der Waals surface area contributed by atoms with E-state index in [-0.39, 0.29) is 10.8 Å². The molecule has 0 spiro atoms. The van der Waals surface area contributed by atoms with Gasteiger partial charge in [-0.05, 0) is 37.5 Å². The highest BCUT2D eigenvalue weighted by Crippen LogP contribution is 2.21.